The van der Waals surface area contributed by atoms with Crippen LogP contribution < -0.4 is 0 Å². The van der Waals surface area contributed by atoms with Crippen LogP contribution >= 0.6 is 11.8 Å². The van der Waals surface area contributed by atoms with Crippen molar-refractivity contribution in [2.75, 3.05) is 6.26 Å². The molecular formula is C9H12N2OS. The molecule has 0 saturated heterocycles. The summed E-state index contributed by atoms with van der Waals surface area (Å²) in [5.74, 6) is 2.29. The Balaban J connectivity index is 2.25. The number of aromatic nitrogens is 2. The van der Waals surface area contributed by atoms with E-state index in [0.29, 0.717) is 5.92 Å². The van der Waals surface area contributed by atoms with E-state index in [2.05, 4.69) is 9.97 Å². The molecule has 1 aromatic heterocycles. The fourth-order valence-corrected chi connectivity index (χ4v) is 1.69. The van der Waals surface area contributed by atoms with Crippen LogP contribution in [-0.2, 0) is 5.75 Å². The predicted octanol–water partition coefficient (Wildman–Crippen LogP) is 1.92. The summed E-state index contributed by atoms with van der Waals surface area (Å²) in [4.78, 5) is 8.41. The number of aromatic hydroxyl groups is 1. The van der Waals surface area contributed by atoms with Crippen LogP contribution in [0.25, 0.3) is 0 Å². The van der Waals surface area contributed by atoms with Crippen LogP contribution in [0.5, 0.6) is 5.88 Å². The van der Waals surface area contributed by atoms with Crippen molar-refractivity contribution < 1.29 is 5.11 Å². The molecule has 0 amide bonds. The summed E-state index contributed by atoms with van der Waals surface area (Å²) < 4.78 is 0. The van der Waals surface area contributed by atoms with E-state index in [1.807, 2.05) is 6.26 Å². The summed E-state index contributed by atoms with van der Waals surface area (Å²) in [6.45, 7) is 0. The molecule has 1 saturated carbocycles. The summed E-state index contributed by atoms with van der Waals surface area (Å²) >= 11 is 1.70. The number of nitrogens with zero attached hydrogens (tertiary/aromatic N) is 2. The molecule has 3 nitrogen and oxygen atoms in total. The SMILES string of the molecule is CSCc1cc(O)nc(C2CC2)n1. The predicted molar refractivity (Wildman–Crippen MR) is 52.9 cm³/mol. The van der Waals surface area contributed by atoms with Gasteiger partial charge in [-0.05, 0) is 19.1 Å². The summed E-state index contributed by atoms with van der Waals surface area (Å²) in [6.07, 6.45) is 4.36. The van der Waals surface area contributed by atoms with E-state index in [0.717, 1.165) is 17.3 Å². The van der Waals surface area contributed by atoms with E-state index >= 15 is 0 Å². The molecular weight excluding hydrogens is 184 g/mol. The minimum Gasteiger partial charge on any atom is -0.493 e. The van der Waals surface area contributed by atoms with Crippen LogP contribution in [0.1, 0.15) is 30.3 Å². The van der Waals surface area contributed by atoms with Crippen molar-refractivity contribution in [2.24, 2.45) is 0 Å². The lowest BCUT2D eigenvalue weighted by atomic mass is 10.3. The third kappa shape index (κ3) is 2.12. The highest BCUT2D eigenvalue weighted by Gasteiger charge is 2.27. The normalized spacial score (nSPS) is 16.1. The second-order valence-electron chi connectivity index (χ2n) is 3.28. The van der Waals surface area contributed by atoms with Gasteiger partial charge in [-0.3, -0.25) is 0 Å². The van der Waals surface area contributed by atoms with Crippen molar-refractivity contribution >= 4 is 11.8 Å². The van der Waals surface area contributed by atoms with Gasteiger partial charge in [-0.1, -0.05) is 0 Å². The zero-order valence-electron chi connectivity index (χ0n) is 7.53. The van der Waals surface area contributed by atoms with E-state index in [1.165, 1.54) is 12.8 Å². The summed E-state index contributed by atoms with van der Waals surface area (Å²) in [7, 11) is 0. The molecule has 2 rings (SSSR count). The van der Waals surface area contributed by atoms with E-state index in [1.54, 1.807) is 17.8 Å². The quantitative estimate of drug-likeness (QED) is 0.802. The molecule has 0 spiro atoms. The van der Waals surface area contributed by atoms with Gasteiger partial charge >= 0.3 is 0 Å². The second kappa shape index (κ2) is 3.54. The molecule has 13 heavy (non-hydrogen) atoms. The van der Waals surface area contributed by atoms with Crippen molar-refractivity contribution in [1.82, 2.24) is 9.97 Å². The fourth-order valence-electron chi connectivity index (χ4n) is 1.25. The third-order valence-electron chi connectivity index (χ3n) is 2.02. The summed E-state index contributed by atoms with van der Waals surface area (Å²) in [5, 5.41) is 9.34. The molecule has 1 aliphatic carbocycles. The monoisotopic (exact) mass is 196 g/mol. The van der Waals surface area contributed by atoms with Gasteiger partial charge in [0.1, 0.15) is 5.82 Å². The number of rotatable bonds is 3. The highest BCUT2D eigenvalue weighted by atomic mass is 32.2. The molecule has 1 aliphatic rings. The first-order chi connectivity index (χ1) is 6.29. The Morgan fingerprint density at radius 3 is 2.92 bits per heavy atom. The molecule has 0 bridgehead atoms. The molecule has 0 unspecified atom stereocenters. The van der Waals surface area contributed by atoms with Crippen LogP contribution in [0.3, 0.4) is 0 Å². The van der Waals surface area contributed by atoms with Crippen molar-refractivity contribution in [3.05, 3.63) is 17.6 Å². The highest BCUT2D eigenvalue weighted by molar-refractivity contribution is 7.97. The minimum absolute atomic E-state index is 0.112. The van der Waals surface area contributed by atoms with E-state index in [9.17, 15) is 5.11 Å². The standard InChI is InChI=1S/C9H12N2OS/c1-13-5-7-4-8(12)11-9(10-7)6-2-3-6/h4,6H,2-3,5H2,1H3,(H,10,11,12). The first-order valence-electron chi connectivity index (χ1n) is 4.35. The second-order valence-corrected chi connectivity index (χ2v) is 4.15. The van der Waals surface area contributed by atoms with Gasteiger partial charge in [-0.2, -0.15) is 16.7 Å². The van der Waals surface area contributed by atoms with E-state index < -0.39 is 0 Å². The maximum Gasteiger partial charge on any atom is 0.214 e. The molecule has 70 valence electrons. The molecule has 1 N–H and O–H groups in total. The van der Waals surface area contributed by atoms with E-state index in [-0.39, 0.29) is 5.88 Å². The topological polar surface area (TPSA) is 46.0 Å². The molecule has 1 fully saturated rings. The lowest BCUT2D eigenvalue weighted by Crippen LogP contribution is -1.96. The van der Waals surface area contributed by atoms with Gasteiger partial charge in [0.25, 0.3) is 0 Å². The van der Waals surface area contributed by atoms with Crippen LogP contribution in [0, 0.1) is 0 Å². The molecule has 0 atom stereocenters. The van der Waals surface area contributed by atoms with Gasteiger partial charge in [0.15, 0.2) is 0 Å². The van der Waals surface area contributed by atoms with Crippen molar-refractivity contribution in [3.8, 4) is 5.88 Å². The molecule has 1 heterocycles. The van der Waals surface area contributed by atoms with Crippen LogP contribution in [0.2, 0.25) is 0 Å². The van der Waals surface area contributed by atoms with Gasteiger partial charge in [-0.15, -0.1) is 0 Å². The van der Waals surface area contributed by atoms with Gasteiger partial charge in [0.2, 0.25) is 5.88 Å². The van der Waals surface area contributed by atoms with Crippen molar-refractivity contribution in [3.63, 3.8) is 0 Å². The van der Waals surface area contributed by atoms with Crippen LogP contribution in [-0.4, -0.2) is 21.3 Å². The smallest absolute Gasteiger partial charge is 0.214 e. The molecule has 1 aromatic rings. The Morgan fingerprint density at radius 1 is 1.54 bits per heavy atom. The molecule has 0 radical (unpaired) electrons. The first-order valence-corrected chi connectivity index (χ1v) is 5.74. The lowest BCUT2D eigenvalue weighted by molar-refractivity contribution is 0.447. The van der Waals surface area contributed by atoms with Crippen LogP contribution in [0.4, 0.5) is 0 Å². The van der Waals surface area contributed by atoms with Gasteiger partial charge in [-0.25, -0.2) is 4.98 Å². The number of thioether (sulfide) groups is 1. The van der Waals surface area contributed by atoms with Crippen LogP contribution in [0.15, 0.2) is 6.07 Å². The van der Waals surface area contributed by atoms with Gasteiger partial charge in [0.05, 0.1) is 5.69 Å². The molecule has 0 aliphatic heterocycles. The Hall–Kier alpha value is -0.770. The summed E-state index contributed by atoms with van der Waals surface area (Å²) in [5.41, 5.74) is 0.932. The number of hydrogen-bond donors (Lipinski definition) is 1. The largest absolute Gasteiger partial charge is 0.493 e. The van der Waals surface area contributed by atoms with Crippen molar-refractivity contribution in [1.29, 1.82) is 0 Å². The minimum atomic E-state index is 0.112. The molecule has 4 heteroatoms. The van der Waals surface area contributed by atoms with E-state index in [4.69, 9.17) is 0 Å². The van der Waals surface area contributed by atoms with Gasteiger partial charge in [0, 0.05) is 17.7 Å². The number of hydrogen-bond acceptors (Lipinski definition) is 4. The first kappa shape index (κ1) is 8.81. The average Bonchev–Trinajstić information content (AvgIpc) is 2.85. The van der Waals surface area contributed by atoms with Crippen molar-refractivity contribution in [2.45, 2.75) is 24.5 Å². The lowest BCUT2D eigenvalue weighted by Gasteiger charge is -2.02. The highest BCUT2D eigenvalue weighted by Crippen LogP contribution is 2.38. The average molecular weight is 196 g/mol. The maximum absolute atomic E-state index is 9.34. The third-order valence-corrected chi connectivity index (χ3v) is 2.60. The van der Waals surface area contributed by atoms with Gasteiger partial charge < -0.3 is 5.11 Å². The Kier molecular flexibility index (Phi) is 2.40. The Morgan fingerprint density at radius 2 is 2.31 bits per heavy atom. The Labute approximate surface area is 81.6 Å². The Bertz CT molecular complexity index is 312. The maximum atomic E-state index is 9.34. The summed E-state index contributed by atoms with van der Waals surface area (Å²) in [6, 6.07) is 1.64. The fraction of sp³-hybridized carbons (Fsp3) is 0.556. The zero-order valence-corrected chi connectivity index (χ0v) is 8.34. The molecule has 0 aromatic carbocycles. The zero-order chi connectivity index (χ0) is 9.26.